The molecular formula is C5H5N4. The molecule has 1 radical (unpaired) electrons. The van der Waals surface area contributed by atoms with Gasteiger partial charge in [0.05, 0.1) is 6.20 Å². The van der Waals surface area contributed by atoms with E-state index < -0.39 is 0 Å². The lowest BCUT2D eigenvalue weighted by Gasteiger charge is -2.07. The van der Waals surface area contributed by atoms with Gasteiger partial charge in [0.15, 0.2) is 5.82 Å². The summed E-state index contributed by atoms with van der Waals surface area (Å²) < 4.78 is 0. The van der Waals surface area contributed by atoms with Crippen LogP contribution in [0, 0.1) is 0 Å². The second kappa shape index (κ2) is 1.51. The molecule has 1 aromatic rings. The fourth-order valence-corrected chi connectivity index (χ4v) is 0.711. The number of nitrogens with one attached hydrogen (secondary N) is 1. The maximum atomic E-state index is 4.01. The summed E-state index contributed by atoms with van der Waals surface area (Å²) in [6.07, 6.45) is 5.11. The Labute approximate surface area is 52.1 Å². The Morgan fingerprint density at radius 2 is 2.56 bits per heavy atom. The van der Waals surface area contributed by atoms with Crippen molar-refractivity contribution in [3.05, 3.63) is 24.7 Å². The van der Waals surface area contributed by atoms with E-state index >= 15 is 0 Å². The molecule has 1 aliphatic heterocycles. The molecule has 2 rings (SSSR count). The minimum absolute atomic E-state index is 0.831. The monoisotopic (exact) mass is 121 g/mol. The molecule has 0 aliphatic carbocycles. The summed E-state index contributed by atoms with van der Waals surface area (Å²) >= 11 is 0. The van der Waals surface area contributed by atoms with Crippen molar-refractivity contribution in [2.45, 2.75) is 0 Å². The Morgan fingerprint density at radius 1 is 1.56 bits per heavy atom. The third kappa shape index (κ3) is 0.561. The van der Waals surface area contributed by atoms with E-state index in [1.807, 2.05) is 6.07 Å². The Kier molecular flexibility index (Phi) is 0.745. The van der Waals surface area contributed by atoms with Crippen molar-refractivity contribution in [2.24, 2.45) is 0 Å². The van der Waals surface area contributed by atoms with E-state index in [-0.39, 0.29) is 0 Å². The van der Waals surface area contributed by atoms with Crippen molar-refractivity contribution < 1.29 is 0 Å². The molecule has 0 spiro atoms. The summed E-state index contributed by atoms with van der Waals surface area (Å²) in [5.41, 5.74) is 2.87. The molecule has 0 aromatic carbocycles. The molecule has 2 heterocycles. The molecule has 4 nitrogen and oxygen atoms in total. The zero-order valence-electron chi connectivity index (χ0n) is 4.65. The molecule has 1 aliphatic rings. The fraction of sp³-hybridized carbons (Fsp3) is 0. The minimum atomic E-state index is 0.831. The van der Waals surface area contributed by atoms with E-state index in [4.69, 9.17) is 0 Å². The molecule has 1 N–H and O–H groups in total. The molecule has 0 atom stereocenters. The number of fused-ring (bicyclic) bond motifs is 1. The molecule has 0 fully saturated rings. The van der Waals surface area contributed by atoms with E-state index in [0.29, 0.717) is 0 Å². The van der Waals surface area contributed by atoms with Gasteiger partial charge in [-0.3, -0.25) is 5.43 Å². The number of nitrogens with zero attached hydrogens (tertiary/aromatic N) is 3. The summed E-state index contributed by atoms with van der Waals surface area (Å²) in [4.78, 5) is 1.60. The van der Waals surface area contributed by atoms with Crippen molar-refractivity contribution in [1.29, 1.82) is 0 Å². The van der Waals surface area contributed by atoms with Crippen molar-refractivity contribution in [3.8, 4) is 0 Å². The average Bonchev–Trinajstić information content (AvgIpc) is 2.33. The first kappa shape index (κ1) is 4.43. The van der Waals surface area contributed by atoms with Crippen LogP contribution in [0.5, 0.6) is 0 Å². The van der Waals surface area contributed by atoms with Crippen LogP contribution in [0.4, 0.5) is 5.82 Å². The highest BCUT2D eigenvalue weighted by molar-refractivity contribution is 5.30. The first-order chi connectivity index (χ1) is 4.47. The van der Waals surface area contributed by atoms with Crippen LogP contribution in [0.2, 0.25) is 0 Å². The lowest BCUT2D eigenvalue weighted by molar-refractivity contribution is 0.759. The first-order valence-corrected chi connectivity index (χ1v) is 2.63. The lowest BCUT2D eigenvalue weighted by Crippen LogP contribution is -2.16. The fourth-order valence-electron chi connectivity index (χ4n) is 0.711. The quantitative estimate of drug-likeness (QED) is 0.530. The molecule has 1 aromatic heterocycles. The number of rotatable bonds is 0. The van der Waals surface area contributed by atoms with Gasteiger partial charge in [-0.05, 0) is 0 Å². The molecule has 4 heteroatoms. The van der Waals surface area contributed by atoms with Crippen LogP contribution in [0.15, 0.2) is 24.7 Å². The molecule has 45 valence electrons. The zero-order valence-corrected chi connectivity index (χ0v) is 4.65. The van der Waals surface area contributed by atoms with Crippen LogP contribution < -0.4 is 10.7 Å². The van der Waals surface area contributed by atoms with Gasteiger partial charge >= 0.3 is 0 Å². The molecule has 9 heavy (non-hydrogen) atoms. The normalized spacial score (nSPS) is 13.8. The molecular weight excluding hydrogens is 116 g/mol. The maximum absolute atomic E-state index is 4.01. The van der Waals surface area contributed by atoms with Crippen molar-refractivity contribution >= 4 is 5.82 Å². The number of hydrogen-bond acceptors (Lipinski definition) is 2. The summed E-state index contributed by atoms with van der Waals surface area (Å²) in [6.45, 7) is 0. The van der Waals surface area contributed by atoms with Crippen LogP contribution in [0.3, 0.4) is 0 Å². The third-order valence-corrected chi connectivity index (χ3v) is 1.10. The highest BCUT2D eigenvalue weighted by Gasteiger charge is 2.01. The van der Waals surface area contributed by atoms with E-state index in [0.717, 1.165) is 5.82 Å². The highest BCUT2D eigenvalue weighted by Crippen LogP contribution is 2.05. The van der Waals surface area contributed by atoms with Gasteiger partial charge in [0, 0.05) is 18.5 Å². The van der Waals surface area contributed by atoms with E-state index in [1.165, 1.54) is 0 Å². The van der Waals surface area contributed by atoms with Crippen LogP contribution in [-0.4, -0.2) is 9.89 Å². The Bertz CT molecular complexity index is 214. The lowest BCUT2D eigenvalue weighted by atomic mass is 10.6. The number of aromatic nitrogens is 2. The summed E-state index contributed by atoms with van der Waals surface area (Å²) in [5.74, 6) is 0.831. The van der Waals surface area contributed by atoms with Gasteiger partial charge in [-0.25, -0.2) is 5.32 Å². The van der Waals surface area contributed by atoms with Gasteiger partial charge in [0.2, 0.25) is 0 Å². The van der Waals surface area contributed by atoms with Gasteiger partial charge in [-0.1, -0.05) is 0 Å². The topological polar surface area (TPSA) is 44.0 Å². The third-order valence-electron chi connectivity index (χ3n) is 1.10. The van der Waals surface area contributed by atoms with E-state index in [9.17, 15) is 0 Å². The highest BCUT2D eigenvalue weighted by atomic mass is 15.6. The van der Waals surface area contributed by atoms with E-state index in [1.54, 1.807) is 23.4 Å². The van der Waals surface area contributed by atoms with Gasteiger partial charge in [-0.15, -0.1) is 0 Å². The predicted molar refractivity (Wildman–Crippen MR) is 32.5 cm³/mol. The van der Waals surface area contributed by atoms with E-state index in [2.05, 4.69) is 15.8 Å². The summed E-state index contributed by atoms with van der Waals surface area (Å²) in [5, 5.41) is 7.93. The van der Waals surface area contributed by atoms with Gasteiger partial charge in [0.1, 0.15) is 0 Å². The smallest absolute Gasteiger partial charge is 0.173 e. The Hall–Kier alpha value is -1.45. The molecule has 0 bridgehead atoms. The van der Waals surface area contributed by atoms with Crippen molar-refractivity contribution in [3.63, 3.8) is 0 Å². The van der Waals surface area contributed by atoms with Crippen LogP contribution in [-0.2, 0) is 0 Å². The second-order valence-electron chi connectivity index (χ2n) is 1.68. The predicted octanol–water partition coefficient (Wildman–Crippen LogP) is 0.147. The average molecular weight is 121 g/mol. The first-order valence-electron chi connectivity index (χ1n) is 2.63. The molecule has 0 amide bonds. The second-order valence-corrected chi connectivity index (χ2v) is 1.68. The standard InChI is InChI=1S/C5H5N4/c1-2-7-9-5(1)6-3-4-8-9/h1-4,8H. The van der Waals surface area contributed by atoms with Crippen LogP contribution in [0.25, 0.3) is 0 Å². The van der Waals surface area contributed by atoms with Crippen molar-refractivity contribution in [2.75, 3.05) is 5.43 Å². The molecule has 0 saturated heterocycles. The van der Waals surface area contributed by atoms with Gasteiger partial charge in [-0.2, -0.15) is 9.89 Å². The molecule has 0 saturated carbocycles. The van der Waals surface area contributed by atoms with Crippen molar-refractivity contribution in [1.82, 2.24) is 15.2 Å². The molecule has 0 unspecified atom stereocenters. The van der Waals surface area contributed by atoms with Crippen LogP contribution in [0.1, 0.15) is 0 Å². The number of hydrogen-bond donors (Lipinski definition) is 1. The minimum Gasteiger partial charge on any atom is -0.282 e. The Balaban J connectivity index is 2.46. The van der Waals surface area contributed by atoms with Crippen LogP contribution >= 0.6 is 0 Å². The Morgan fingerprint density at radius 3 is 3.44 bits per heavy atom. The van der Waals surface area contributed by atoms with Gasteiger partial charge in [0.25, 0.3) is 0 Å². The SMILES string of the molecule is C1=CNn2nccc2[N]1. The maximum Gasteiger partial charge on any atom is 0.173 e. The summed E-state index contributed by atoms with van der Waals surface area (Å²) in [6, 6.07) is 1.83. The zero-order chi connectivity index (χ0) is 6.10. The summed E-state index contributed by atoms with van der Waals surface area (Å²) in [7, 11) is 0. The van der Waals surface area contributed by atoms with Gasteiger partial charge < -0.3 is 0 Å². The largest absolute Gasteiger partial charge is 0.282 e.